The van der Waals surface area contributed by atoms with E-state index in [-0.39, 0.29) is 19.1 Å². The van der Waals surface area contributed by atoms with Crippen molar-refractivity contribution in [1.29, 1.82) is 0 Å². The number of para-hydroxylation sites is 4. The number of aliphatic hydroxyl groups is 1. The molecular weight excluding hydrogens is 1760 g/mol. The molecule has 0 bridgehead atoms. The number of aliphatic hydroxyl groups excluding tert-OH is 1. The quantitative estimate of drug-likeness (QED) is 0.0398. The monoisotopic (exact) mass is 1910 g/mol. The minimum absolute atomic E-state index is 0.171. The second-order valence-corrected chi connectivity index (χ2v) is 41.0. The summed E-state index contributed by atoms with van der Waals surface area (Å²) >= 11 is 0. The van der Waals surface area contributed by atoms with Crippen LogP contribution in [-0.2, 0) is 27.4 Å². The number of carbonyl (C=O) groups is 1. The third-order valence-corrected chi connectivity index (χ3v) is 30.8. The third-order valence-electron chi connectivity index (χ3n) is 30.8. The molecule has 1 unspecified atom stereocenters. The lowest BCUT2D eigenvalue weighted by atomic mass is 9.88. The van der Waals surface area contributed by atoms with Gasteiger partial charge in [-0.3, -0.25) is 14.6 Å². The van der Waals surface area contributed by atoms with Crippen molar-refractivity contribution >= 4 is 84.2 Å². The van der Waals surface area contributed by atoms with E-state index in [9.17, 15) is 9.90 Å². The van der Waals surface area contributed by atoms with Crippen molar-refractivity contribution in [2.24, 2.45) is 0 Å². The standard InChI is InChI=1S/C31H41N5O2.C29H37N5O.C28H34N4O3.C27H34N4O2/c1-34(15-16-35-17-19-38-20-18-35)22-23-7-10-28-27(21-23)31(33-30(32-28)25-8-9-25)36-13-11-24(12-14-36)26-5-3-4-6-29(26)37-2;1-32(2)23-14-17-34(19-23)22-10-11-26-25(18-22)29(31-28(30-26)21-8-9-21)33-15-12-20(13-16-33)24-6-4-5-7-27(24)35-3;1-4-35-26(33)18-31(2)21-11-12-24-23(17-21)28(30-27(29-24)20-9-10-20)32-15-13-19(14-16-32)22-7-5-6-8-25(22)34-3;1-30(15-16-32)18-19-7-10-24-23(17-19)27(29-26(28-24)21-8-9-21)31-13-11-20(12-14-31)22-5-3-4-6-25(22)33-2/h3-7,10,21,24-25H,8-9,11-20,22H2,1-2H3;4-7,10-11,18,20-21,23H,8-9,12-17,19H2,1-3H3;5-8,11-12,17,19-20H,4,9-10,13-16,18H2,1-3H3;3-7,10,17,20-21,32H,8-9,11-16,18H2,1-2H3. The number of nitrogens with zero attached hydrogens (tertiary/aromatic N) is 18. The molecule has 0 radical (unpaired) electrons. The fraction of sp³-hybridized carbons (Fsp3) is 0.504. The summed E-state index contributed by atoms with van der Waals surface area (Å²) in [6, 6.07) is 60.9. The van der Waals surface area contributed by atoms with Gasteiger partial charge in [0.15, 0.2) is 0 Å². The van der Waals surface area contributed by atoms with Crippen LogP contribution in [0.25, 0.3) is 43.6 Å². The molecule has 10 aliphatic rings. The molecule has 1 N–H and O–H groups in total. The number of benzene rings is 8. The van der Waals surface area contributed by atoms with Crippen molar-refractivity contribution in [3.63, 3.8) is 0 Å². The number of anilines is 6. The van der Waals surface area contributed by atoms with Crippen LogP contribution in [0.3, 0.4) is 0 Å². The van der Waals surface area contributed by atoms with Crippen LogP contribution >= 0.6 is 0 Å². The Morgan fingerprint density at radius 1 is 0.376 bits per heavy atom. The topological polar surface area (TPSA) is 228 Å². The molecule has 26 heteroatoms. The number of esters is 1. The third kappa shape index (κ3) is 24.0. The molecule has 744 valence electrons. The Labute approximate surface area is 833 Å². The Morgan fingerprint density at radius 3 is 1.06 bits per heavy atom. The van der Waals surface area contributed by atoms with Gasteiger partial charge in [0.05, 0.1) is 76.9 Å². The maximum absolute atomic E-state index is 12.0. The highest BCUT2D eigenvalue weighted by atomic mass is 16.5. The summed E-state index contributed by atoms with van der Waals surface area (Å²) in [5.41, 5.74) is 14.3. The lowest BCUT2D eigenvalue weighted by molar-refractivity contribution is -0.141. The first-order valence-electron chi connectivity index (χ1n) is 52.3. The van der Waals surface area contributed by atoms with Crippen LogP contribution < -0.4 is 48.3 Å². The molecular formula is C115H146N18O8. The van der Waals surface area contributed by atoms with E-state index < -0.39 is 0 Å². The highest BCUT2D eigenvalue weighted by Gasteiger charge is 2.38. The van der Waals surface area contributed by atoms with Gasteiger partial charge in [0.1, 0.15) is 76.1 Å². The molecule has 4 aromatic heterocycles. The number of carbonyl (C=O) groups excluding carboxylic acids is 1. The predicted molar refractivity (Wildman–Crippen MR) is 566 cm³/mol. The molecule has 4 saturated carbocycles. The Morgan fingerprint density at radius 2 is 0.716 bits per heavy atom. The summed E-state index contributed by atoms with van der Waals surface area (Å²) in [6.45, 7) is 21.0. The van der Waals surface area contributed by atoms with Crippen LogP contribution in [0.4, 0.5) is 34.6 Å². The number of morpholine rings is 1. The molecule has 0 amide bonds. The van der Waals surface area contributed by atoms with E-state index in [4.69, 9.17) is 68.3 Å². The molecule has 10 heterocycles. The summed E-state index contributed by atoms with van der Waals surface area (Å²) in [5.74, 6) is 16.3. The number of methoxy groups -OCH3 is 4. The van der Waals surface area contributed by atoms with Crippen molar-refractivity contribution < 1.29 is 38.3 Å². The number of rotatable bonds is 31. The Kier molecular flexibility index (Phi) is 31.8. The second kappa shape index (κ2) is 45.7. The van der Waals surface area contributed by atoms with E-state index >= 15 is 0 Å². The van der Waals surface area contributed by atoms with Gasteiger partial charge in [-0.05, 0) is 286 Å². The summed E-state index contributed by atoms with van der Waals surface area (Å²) in [6.07, 6.45) is 19.5. The van der Waals surface area contributed by atoms with E-state index in [1.807, 2.05) is 44.1 Å². The molecule has 10 fully saturated rings. The van der Waals surface area contributed by atoms with Gasteiger partial charge < -0.3 is 72.7 Å². The van der Waals surface area contributed by atoms with Crippen molar-refractivity contribution in [3.05, 3.63) is 227 Å². The van der Waals surface area contributed by atoms with Gasteiger partial charge in [0.25, 0.3) is 0 Å². The predicted octanol–water partition coefficient (Wildman–Crippen LogP) is 18.9. The van der Waals surface area contributed by atoms with Crippen molar-refractivity contribution in [2.75, 3.05) is 224 Å². The molecule has 22 rings (SSSR count). The van der Waals surface area contributed by atoms with Crippen LogP contribution in [0.15, 0.2) is 170 Å². The van der Waals surface area contributed by atoms with E-state index in [0.717, 1.165) is 277 Å². The van der Waals surface area contributed by atoms with Gasteiger partial charge >= 0.3 is 5.97 Å². The van der Waals surface area contributed by atoms with Crippen LogP contribution in [0.5, 0.6) is 23.0 Å². The number of ether oxygens (including phenoxy) is 6. The van der Waals surface area contributed by atoms with Crippen molar-refractivity contribution in [1.82, 2.24) is 59.5 Å². The number of aromatic nitrogens is 8. The normalized spacial score (nSPS) is 18.6. The first kappa shape index (κ1) is 98.1. The molecule has 6 aliphatic heterocycles. The number of hydrogen-bond acceptors (Lipinski definition) is 26. The average Bonchev–Trinajstić information content (AvgIpc) is 1.73. The molecule has 141 heavy (non-hydrogen) atoms. The summed E-state index contributed by atoms with van der Waals surface area (Å²) in [4.78, 5) is 76.2. The zero-order chi connectivity index (χ0) is 97.0. The fourth-order valence-electron chi connectivity index (χ4n) is 21.9. The molecule has 6 saturated heterocycles. The fourth-order valence-corrected chi connectivity index (χ4v) is 21.9. The zero-order valence-electron chi connectivity index (χ0n) is 84.8. The van der Waals surface area contributed by atoms with Crippen LogP contribution in [0.1, 0.15) is 220 Å². The zero-order valence-corrected chi connectivity index (χ0v) is 84.8. The summed E-state index contributed by atoms with van der Waals surface area (Å²) in [7, 11) is 17.6. The van der Waals surface area contributed by atoms with Gasteiger partial charge in [0, 0.05) is 181 Å². The lowest BCUT2D eigenvalue weighted by Crippen LogP contribution is -2.40. The maximum atomic E-state index is 12.0. The molecule has 26 nitrogen and oxygen atoms in total. The molecule has 8 aromatic carbocycles. The van der Waals surface area contributed by atoms with Crippen LogP contribution in [0, 0.1) is 0 Å². The van der Waals surface area contributed by atoms with Crippen molar-refractivity contribution in [2.45, 2.75) is 183 Å². The minimum Gasteiger partial charge on any atom is -0.496 e. The number of hydrogen-bond donors (Lipinski definition) is 1. The molecule has 4 aliphatic carbocycles. The van der Waals surface area contributed by atoms with Gasteiger partial charge in [-0.1, -0.05) is 84.9 Å². The lowest BCUT2D eigenvalue weighted by Gasteiger charge is -2.34. The van der Waals surface area contributed by atoms with Gasteiger partial charge in [-0.15, -0.1) is 0 Å². The van der Waals surface area contributed by atoms with Gasteiger partial charge in [-0.25, -0.2) is 39.9 Å². The Hall–Kier alpha value is -11.7. The summed E-state index contributed by atoms with van der Waals surface area (Å²) in [5, 5.41) is 13.8. The molecule has 0 spiro atoms. The van der Waals surface area contributed by atoms with Crippen LogP contribution in [-0.4, -0.2) is 271 Å². The van der Waals surface area contributed by atoms with E-state index in [1.165, 1.54) is 108 Å². The van der Waals surface area contributed by atoms with Crippen LogP contribution in [0.2, 0.25) is 0 Å². The number of piperidine rings is 4. The van der Waals surface area contributed by atoms with E-state index in [1.54, 1.807) is 28.4 Å². The first-order chi connectivity index (χ1) is 69.0. The van der Waals surface area contributed by atoms with E-state index in [2.05, 4.69) is 217 Å². The smallest absolute Gasteiger partial charge is 0.325 e. The molecule has 1 atom stereocenters. The maximum Gasteiger partial charge on any atom is 0.325 e. The average molecular weight is 1910 g/mol. The SMILES string of the molecule is CCOC(=O)CN(C)c1ccc2nc(C3CC3)nc(N3CCC(c4ccccc4OC)CC3)c2c1.COc1ccccc1C1CCN(c2nc(C3CC3)nc3ccc(CN(C)CCN4CCOCC4)cc23)CC1.COc1ccccc1C1CCN(c2nc(C3CC3)nc3ccc(CN(C)CCO)cc23)CC1.COc1ccccc1C1CCN(c2nc(C3CC3)nc3ccc(N4CCC(N(C)C)C4)cc23)CC1. The Bertz CT molecular complexity index is 6230. The first-order valence-corrected chi connectivity index (χ1v) is 52.3. The van der Waals surface area contributed by atoms with Crippen molar-refractivity contribution in [3.8, 4) is 23.0 Å². The highest BCUT2D eigenvalue weighted by molar-refractivity contribution is 5.95. The van der Waals surface area contributed by atoms with E-state index in [0.29, 0.717) is 66.5 Å². The Balaban J connectivity index is 0.000000120. The molecule has 12 aromatic rings. The largest absolute Gasteiger partial charge is 0.496 e. The summed E-state index contributed by atoms with van der Waals surface area (Å²) < 4.78 is 33.2. The van der Waals surface area contributed by atoms with Gasteiger partial charge in [0.2, 0.25) is 0 Å². The number of fused-ring (bicyclic) bond motifs is 4. The number of likely N-dealkylation sites (N-methyl/N-ethyl adjacent to an activating group) is 4. The highest BCUT2D eigenvalue weighted by Crippen LogP contribution is 2.48. The second-order valence-electron chi connectivity index (χ2n) is 41.0. The van der Waals surface area contributed by atoms with Gasteiger partial charge in [-0.2, -0.15) is 0 Å². The minimum atomic E-state index is -0.228.